The van der Waals surface area contributed by atoms with E-state index in [9.17, 15) is 19.2 Å². The van der Waals surface area contributed by atoms with Crippen LogP contribution < -0.4 is 0 Å². The predicted molar refractivity (Wildman–Crippen MR) is 105 cm³/mol. The smallest absolute Gasteiger partial charge is 0.352 e. The summed E-state index contributed by atoms with van der Waals surface area (Å²) < 4.78 is 20.3. The Bertz CT molecular complexity index is 790. The van der Waals surface area contributed by atoms with Gasteiger partial charge in [0.25, 0.3) is 0 Å². The average molecular weight is 414 g/mol. The van der Waals surface area contributed by atoms with Crippen LogP contribution in [0.25, 0.3) is 0 Å². The molecule has 0 aromatic heterocycles. The van der Waals surface area contributed by atoms with Gasteiger partial charge in [-0.15, -0.1) is 0 Å². The lowest BCUT2D eigenvalue weighted by molar-refractivity contribution is -0.173. The van der Waals surface area contributed by atoms with Crippen molar-refractivity contribution in [2.24, 2.45) is 0 Å². The normalized spacial score (nSPS) is 12.2. The van der Waals surface area contributed by atoms with Crippen LogP contribution >= 0.6 is 0 Å². The van der Waals surface area contributed by atoms with Gasteiger partial charge in [0.05, 0.1) is 24.3 Å². The lowest BCUT2D eigenvalue weighted by atomic mass is 10.1. The Labute approximate surface area is 173 Å². The number of rotatable bonds is 9. The summed E-state index contributed by atoms with van der Waals surface area (Å²) in [6.45, 7) is 3.01. The summed E-state index contributed by atoms with van der Waals surface area (Å²) in [7, 11) is 0. The molecule has 30 heavy (non-hydrogen) atoms. The van der Waals surface area contributed by atoms with Gasteiger partial charge in [-0.05, 0) is 38.1 Å². The third kappa shape index (κ3) is 6.16. The van der Waals surface area contributed by atoms with Crippen LogP contribution in [-0.4, -0.2) is 49.3 Å². The molecule has 0 unspecified atom stereocenters. The molecule has 0 heterocycles. The Morgan fingerprint density at radius 2 is 0.967 bits per heavy atom. The molecule has 8 nitrogen and oxygen atoms in total. The van der Waals surface area contributed by atoms with Crippen molar-refractivity contribution in [1.82, 2.24) is 0 Å². The first-order valence-corrected chi connectivity index (χ1v) is 9.33. The summed E-state index contributed by atoms with van der Waals surface area (Å²) in [5.41, 5.74) is 0.285. The molecule has 0 spiro atoms. The van der Waals surface area contributed by atoms with Crippen LogP contribution in [0, 0.1) is 0 Å². The van der Waals surface area contributed by atoms with Gasteiger partial charge in [-0.3, -0.25) is 0 Å². The first-order valence-electron chi connectivity index (χ1n) is 9.33. The standard InChI is InChI=1S/C22H22O8/c1-3-27-21(25)17(29-19(23)15-11-7-5-8-12-15)18(22(26)28-4-2)30-20(24)16-13-9-6-10-14-16/h5-14,17-18H,3-4H2,1-2H3/t17-,18-/m0/s1. The van der Waals surface area contributed by atoms with Crippen molar-refractivity contribution in [3.8, 4) is 0 Å². The van der Waals surface area contributed by atoms with E-state index in [-0.39, 0.29) is 24.3 Å². The minimum atomic E-state index is -1.84. The van der Waals surface area contributed by atoms with E-state index in [2.05, 4.69) is 0 Å². The average Bonchev–Trinajstić information content (AvgIpc) is 2.77. The molecule has 0 bridgehead atoms. The van der Waals surface area contributed by atoms with Crippen molar-refractivity contribution >= 4 is 23.9 Å². The fraction of sp³-hybridized carbons (Fsp3) is 0.273. The first-order chi connectivity index (χ1) is 14.5. The highest BCUT2D eigenvalue weighted by Crippen LogP contribution is 2.15. The summed E-state index contributed by atoms with van der Waals surface area (Å²) in [5.74, 6) is -3.86. The second-order valence-electron chi connectivity index (χ2n) is 5.89. The lowest BCUT2D eigenvalue weighted by Crippen LogP contribution is -2.47. The maximum atomic E-state index is 12.5. The number of carbonyl (C=O) groups excluding carboxylic acids is 4. The van der Waals surface area contributed by atoms with Gasteiger partial charge in [0.2, 0.25) is 12.2 Å². The van der Waals surface area contributed by atoms with Gasteiger partial charge in [0, 0.05) is 0 Å². The molecule has 0 aliphatic carbocycles. The summed E-state index contributed by atoms with van der Waals surface area (Å²) in [5, 5.41) is 0. The summed E-state index contributed by atoms with van der Waals surface area (Å²) >= 11 is 0. The molecule has 2 aromatic rings. The summed E-state index contributed by atoms with van der Waals surface area (Å²) in [4.78, 5) is 49.9. The van der Waals surface area contributed by atoms with Crippen molar-refractivity contribution in [3.05, 3.63) is 71.8 Å². The largest absolute Gasteiger partial charge is 0.463 e. The third-order valence-corrected chi connectivity index (χ3v) is 3.80. The molecule has 0 aliphatic rings. The van der Waals surface area contributed by atoms with Gasteiger partial charge in [0.15, 0.2) is 0 Å². The van der Waals surface area contributed by atoms with Gasteiger partial charge in [-0.25, -0.2) is 19.2 Å². The van der Waals surface area contributed by atoms with E-state index in [1.807, 2.05) is 0 Å². The molecule has 0 N–H and O–H groups in total. The monoisotopic (exact) mass is 414 g/mol. The van der Waals surface area contributed by atoms with Gasteiger partial charge >= 0.3 is 23.9 Å². The lowest BCUT2D eigenvalue weighted by Gasteiger charge is -2.24. The maximum absolute atomic E-state index is 12.5. The molecule has 0 amide bonds. The number of ether oxygens (including phenoxy) is 4. The molecule has 2 atom stereocenters. The first kappa shape index (κ1) is 22.6. The number of benzene rings is 2. The van der Waals surface area contributed by atoms with Gasteiger partial charge in [-0.1, -0.05) is 36.4 Å². The molecule has 158 valence electrons. The topological polar surface area (TPSA) is 105 Å². The van der Waals surface area contributed by atoms with E-state index in [0.29, 0.717) is 0 Å². The van der Waals surface area contributed by atoms with Crippen molar-refractivity contribution in [3.63, 3.8) is 0 Å². The number of carbonyl (C=O) groups is 4. The molecular weight excluding hydrogens is 392 g/mol. The zero-order valence-electron chi connectivity index (χ0n) is 16.6. The van der Waals surface area contributed by atoms with Crippen molar-refractivity contribution in [1.29, 1.82) is 0 Å². The van der Waals surface area contributed by atoms with Gasteiger partial charge in [0.1, 0.15) is 0 Å². The molecule has 0 aliphatic heterocycles. The highest BCUT2D eigenvalue weighted by molar-refractivity contribution is 5.95. The molecular formula is C22H22O8. The fourth-order valence-corrected chi connectivity index (χ4v) is 2.43. The quantitative estimate of drug-likeness (QED) is 0.455. The van der Waals surface area contributed by atoms with Gasteiger partial charge < -0.3 is 18.9 Å². The van der Waals surface area contributed by atoms with E-state index in [1.165, 1.54) is 24.3 Å². The zero-order chi connectivity index (χ0) is 21.9. The van der Waals surface area contributed by atoms with Crippen LogP contribution in [0.2, 0.25) is 0 Å². The second-order valence-corrected chi connectivity index (χ2v) is 5.89. The van der Waals surface area contributed by atoms with Crippen LogP contribution in [0.5, 0.6) is 0 Å². The van der Waals surface area contributed by atoms with E-state index in [0.717, 1.165) is 0 Å². The molecule has 2 rings (SSSR count). The van der Waals surface area contributed by atoms with Gasteiger partial charge in [-0.2, -0.15) is 0 Å². The highest BCUT2D eigenvalue weighted by Gasteiger charge is 2.42. The zero-order valence-corrected chi connectivity index (χ0v) is 16.6. The van der Waals surface area contributed by atoms with E-state index >= 15 is 0 Å². The maximum Gasteiger partial charge on any atom is 0.352 e. The predicted octanol–water partition coefficient (Wildman–Crippen LogP) is 2.56. The molecule has 0 fully saturated rings. The fourth-order valence-electron chi connectivity index (χ4n) is 2.43. The van der Waals surface area contributed by atoms with Crippen LogP contribution in [0.4, 0.5) is 0 Å². The SMILES string of the molecule is CCOC(=O)[C@@H](OC(=O)c1ccccc1)[C@H](OC(=O)c1ccccc1)C(=O)OCC. The molecule has 2 aromatic carbocycles. The van der Waals surface area contributed by atoms with E-state index in [4.69, 9.17) is 18.9 Å². The Balaban J connectivity index is 2.33. The second kappa shape index (κ2) is 11.4. The molecule has 0 saturated heterocycles. The number of esters is 4. The molecule has 0 saturated carbocycles. The molecule has 0 radical (unpaired) electrons. The van der Waals surface area contributed by atoms with Crippen LogP contribution in [0.15, 0.2) is 60.7 Å². The third-order valence-electron chi connectivity index (χ3n) is 3.80. The van der Waals surface area contributed by atoms with Crippen LogP contribution in [0.1, 0.15) is 34.6 Å². The summed E-state index contributed by atoms with van der Waals surface area (Å²) in [6.07, 6.45) is -3.69. The highest BCUT2D eigenvalue weighted by atomic mass is 16.6. The Morgan fingerprint density at radius 3 is 1.27 bits per heavy atom. The Kier molecular flexibility index (Phi) is 8.56. The van der Waals surface area contributed by atoms with Crippen molar-refractivity contribution in [2.45, 2.75) is 26.1 Å². The number of hydrogen-bond donors (Lipinski definition) is 0. The number of hydrogen-bond acceptors (Lipinski definition) is 8. The Hall–Kier alpha value is -3.68. The minimum absolute atomic E-state index is 0.0413. The summed E-state index contributed by atoms with van der Waals surface area (Å²) in [6, 6.07) is 15.7. The minimum Gasteiger partial charge on any atom is -0.463 e. The Morgan fingerprint density at radius 1 is 0.633 bits per heavy atom. The van der Waals surface area contributed by atoms with E-state index in [1.54, 1.807) is 50.2 Å². The van der Waals surface area contributed by atoms with Crippen molar-refractivity contribution < 1.29 is 38.1 Å². The van der Waals surface area contributed by atoms with Crippen molar-refractivity contribution in [2.75, 3.05) is 13.2 Å². The van der Waals surface area contributed by atoms with Crippen LogP contribution in [-0.2, 0) is 28.5 Å². The molecule has 8 heteroatoms. The van der Waals surface area contributed by atoms with E-state index < -0.39 is 36.1 Å². The van der Waals surface area contributed by atoms with Crippen LogP contribution in [0.3, 0.4) is 0 Å².